The number of hydrogen-bond donors (Lipinski definition) is 4. The molecular formula is C30H34N6O6. The Morgan fingerprint density at radius 2 is 1.90 bits per heavy atom. The molecule has 0 radical (unpaired) electrons. The molecule has 0 unspecified atom stereocenters. The molecule has 0 spiro atoms. The molecule has 2 aliphatic rings. The van der Waals surface area contributed by atoms with Gasteiger partial charge in [-0.1, -0.05) is 6.07 Å². The van der Waals surface area contributed by atoms with Gasteiger partial charge in [-0.15, -0.1) is 0 Å². The van der Waals surface area contributed by atoms with E-state index >= 15 is 0 Å². The molecule has 3 aromatic rings. The van der Waals surface area contributed by atoms with E-state index < -0.39 is 11.9 Å². The van der Waals surface area contributed by atoms with Crippen molar-refractivity contribution in [1.82, 2.24) is 30.8 Å². The molecule has 0 saturated carbocycles. The highest BCUT2D eigenvalue weighted by Gasteiger charge is 2.24. The Morgan fingerprint density at radius 3 is 2.76 bits per heavy atom. The van der Waals surface area contributed by atoms with Crippen molar-refractivity contribution in [3.05, 3.63) is 77.4 Å². The maximum Gasteiger partial charge on any atom is 0.254 e. The van der Waals surface area contributed by atoms with Crippen LogP contribution in [0.1, 0.15) is 44.8 Å². The van der Waals surface area contributed by atoms with Crippen LogP contribution in [0.5, 0.6) is 11.5 Å². The molecule has 5 rings (SSSR count). The predicted molar refractivity (Wildman–Crippen MR) is 152 cm³/mol. The van der Waals surface area contributed by atoms with Crippen molar-refractivity contribution in [3.8, 4) is 11.5 Å². The van der Waals surface area contributed by atoms with Crippen LogP contribution in [0.2, 0.25) is 0 Å². The Balaban J connectivity index is 1.30. The van der Waals surface area contributed by atoms with E-state index in [0.29, 0.717) is 55.1 Å². The van der Waals surface area contributed by atoms with Crippen LogP contribution in [0.4, 0.5) is 0 Å². The van der Waals surface area contributed by atoms with Crippen molar-refractivity contribution in [2.45, 2.75) is 31.7 Å². The average molecular weight is 575 g/mol. The van der Waals surface area contributed by atoms with E-state index in [2.05, 4.69) is 25.9 Å². The maximum atomic E-state index is 13.4. The van der Waals surface area contributed by atoms with Gasteiger partial charge in [0.25, 0.3) is 11.8 Å². The predicted octanol–water partition coefficient (Wildman–Crippen LogP) is 1.23. The van der Waals surface area contributed by atoms with Crippen LogP contribution in [0.25, 0.3) is 0 Å². The number of aromatic amines is 1. The monoisotopic (exact) mass is 574 g/mol. The minimum absolute atomic E-state index is 0.112. The molecule has 42 heavy (non-hydrogen) atoms. The molecule has 220 valence electrons. The molecule has 0 fully saturated rings. The Hall–Kier alpha value is -4.87. The summed E-state index contributed by atoms with van der Waals surface area (Å²) in [6.07, 6.45) is 5.21. The highest BCUT2D eigenvalue weighted by Crippen LogP contribution is 2.26. The summed E-state index contributed by atoms with van der Waals surface area (Å²) in [5.74, 6) is -0.0814. The Bertz CT molecular complexity index is 1430. The lowest BCUT2D eigenvalue weighted by molar-refractivity contribution is -0.123. The van der Waals surface area contributed by atoms with Gasteiger partial charge in [0.05, 0.1) is 26.0 Å². The number of rotatable bonds is 3. The average Bonchev–Trinajstić information content (AvgIpc) is 3.69. The zero-order valence-electron chi connectivity index (χ0n) is 23.2. The molecular weight excluding hydrogens is 540 g/mol. The summed E-state index contributed by atoms with van der Waals surface area (Å²) in [5, 5.41) is 8.51. The van der Waals surface area contributed by atoms with Crippen LogP contribution < -0.4 is 25.4 Å². The number of amides is 4. The number of ether oxygens (including phenoxy) is 2. The zero-order chi connectivity index (χ0) is 29.3. The molecule has 0 aliphatic carbocycles. The smallest absolute Gasteiger partial charge is 0.254 e. The van der Waals surface area contributed by atoms with Crippen LogP contribution in [0.15, 0.2) is 55.0 Å². The lowest BCUT2D eigenvalue weighted by atomic mass is 10.1. The normalized spacial score (nSPS) is 18.6. The summed E-state index contributed by atoms with van der Waals surface area (Å²) >= 11 is 0. The third kappa shape index (κ3) is 7.45. The van der Waals surface area contributed by atoms with Gasteiger partial charge in [-0.25, -0.2) is 4.98 Å². The number of H-pyrrole nitrogens is 1. The van der Waals surface area contributed by atoms with Crippen LogP contribution in [-0.4, -0.2) is 83.9 Å². The number of carbonyl (C=O) groups excluding carboxylic acids is 4. The second-order valence-electron chi connectivity index (χ2n) is 10.2. The van der Waals surface area contributed by atoms with Crippen LogP contribution in [-0.2, 0) is 22.4 Å². The molecule has 4 N–H and O–H groups in total. The topological polar surface area (TPSA) is 155 Å². The molecule has 4 amide bonds. The van der Waals surface area contributed by atoms with Crippen molar-refractivity contribution < 1.29 is 28.7 Å². The number of imidazole rings is 1. The molecule has 3 heterocycles. The Kier molecular flexibility index (Phi) is 9.32. The van der Waals surface area contributed by atoms with Gasteiger partial charge in [-0.2, -0.15) is 0 Å². The first-order valence-electron chi connectivity index (χ1n) is 14.1. The first-order chi connectivity index (χ1) is 20.5. The quantitative estimate of drug-likeness (QED) is 0.367. The minimum atomic E-state index is -0.840. The van der Waals surface area contributed by atoms with Crippen LogP contribution in [0, 0.1) is 0 Å². The van der Waals surface area contributed by atoms with Crippen molar-refractivity contribution in [3.63, 3.8) is 0 Å². The highest BCUT2D eigenvalue weighted by atomic mass is 16.5. The number of nitrogens with zero attached hydrogens (tertiary/aromatic N) is 2. The van der Waals surface area contributed by atoms with E-state index in [1.165, 1.54) is 11.2 Å². The fraction of sp³-hybridized carbons (Fsp3) is 0.367. The highest BCUT2D eigenvalue weighted by molar-refractivity contribution is 5.98. The second kappa shape index (κ2) is 13.7. The first-order valence-corrected chi connectivity index (χ1v) is 14.1. The fourth-order valence-electron chi connectivity index (χ4n) is 4.90. The second-order valence-corrected chi connectivity index (χ2v) is 10.2. The largest absolute Gasteiger partial charge is 0.493 e. The third-order valence-electron chi connectivity index (χ3n) is 7.10. The standard InChI is InChI=1S/C30H34N6O6/c37-27-18-36(30(40)22-6-7-26-20(14-22)8-12-42-26)11-2-1-9-33-29(39)25(16-23-17-31-19-34-23)35-28(38)21-4-3-5-24(15-21)41-13-10-32-27/h3-7,14-15,17,19,25H,1-2,8-13,16,18H2,(H,31,34)(H,32,37)(H,33,39)(H,35,38)/t25-/m0/s1. The number of carbonyl (C=O) groups is 4. The minimum Gasteiger partial charge on any atom is -0.493 e. The van der Waals surface area contributed by atoms with Gasteiger partial charge >= 0.3 is 0 Å². The Labute approximate surface area is 243 Å². The van der Waals surface area contributed by atoms with Crippen LogP contribution in [0.3, 0.4) is 0 Å². The van der Waals surface area contributed by atoms with E-state index in [9.17, 15) is 19.2 Å². The van der Waals surface area contributed by atoms with Crippen molar-refractivity contribution in [1.29, 1.82) is 0 Å². The molecule has 1 atom stereocenters. The van der Waals surface area contributed by atoms with Gasteiger partial charge in [-0.05, 0) is 54.8 Å². The lowest BCUT2D eigenvalue weighted by Crippen LogP contribution is -2.48. The molecule has 12 heteroatoms. The van der Waals surface area contributed by atoms with Crippen molar-refractivity contribution >= 4 is 23.6 Å². The lowest BCUT2D eigenvalue weighted by Gasteiger charge is -2.23. The number of hydrogen-bond acceptors (Lipinski definition) is 7. The SMILES string of the molecule is O=C1CN(C(=O)c2ccc3c(c2)CCO3)CCCCNC(=O)[C@H](Cc2cnc[nH]2)NC(=O)c2cccc(c2)OCCN1. The van der Waals surface area contributed by atoms with E-state index in [-0.39, 0.29) is 43.8 Å². The zero-order valence-corrected chi connectivity index (χ0v) is 23.2. The van der Waals surface area contributed by atoms with Gasteiger partial charge in [-0.3, -0.25) is 19.2 Å². The molecule has 2 aliphatic heterocycles. The Morgan fingerprint density at radius 1 is 1.00 bits per heavy atom. The van der Waals surface area contributed by atoms with E-state index in [1.54, 1.807) is 42.6 Å². The van der Waals surface area contributed by atoms with E-state index in [0.717, 1.165) is 17.7 Å². The third-order valence-corrected chi connectivity index (χ3v) is 7.10. The van der Waals surface area contributed by atoms with Gasteiger partial charge in [0.1, 0.15) is 24.1 Å². The van der Waals surface area contributed by atoms with Crippen molar-refractivity contribution in [2.75, 3.05) is 39.4 Å². The molecule has 2 bridgehead atoms. The molecule has 1 aromatic heterocycles. The maximum absolute atomic E-state index is 13.4. The van der Waals surface area contributed by atoms with E-state index in [4.69, 9.17) is 9.47 Å². The van der Waals surface area contributed by atoms with Gasteiger partial charge in [0.15, 0.2) is 0 Å². The summed E-state index contributed by atoms with van der Waals surface area (Å²) in [5.41, 5.74) is 2.52. The number of fused-ring (bicyclic) bond motifs is 3. The molecule has 0 saturated heterocycles. The molecule has 2 aromatic carbocycles. The number of benzene rings is 2. The van der Waals surface area contributed by atoms with Gasteiger partial charge in [0.2, 0.25) is 11.8 Å². The van der Waals surface area contributed by atoms with Gasteiger partial charge in [0, 0.05) is 48.9 Å². The van der Waals surface area contributed by atoms with Gasteiger partial charge < -0.3 is 35.3 Å². The summed E-state index contributed by atoms with van der Waals surface area (Å²) in [7, 11) is 0. The van der Waals surface area contributed by atoms with E-state index in [1.807, 2.05) is 6.07 Å². The van der Waals surface area contributed by atoms with Crippen LogP contribution >= 0.6 is 0 Å². The summed E-state index contributed by atoms with van der Waals surface area (Å²) < 4.78 is 11.3. The number of nitrogens with one attached hydrogen (secondary N) is 4. The van der Waals surface area contributed by atoms with Crippen molar-refractivity contribution in [2.24, 2.45) is 0 Å². The summed E-state index contributed by atoms with van der Waals surface area (Å²) in [4.78, 5) is 60.9. The molecule has 12 nitrogen and oxygen atoms in total. The summed E-state index contributed by atoms with van der Waals surface area (Å²) in [6, 6.07) is 11.1. The summed E-state index contributed by atoms with van der Waals surface area (Å²) in [6.45, 7) is 1.52. The number of aromatic nitrogens is 2. The first kappa shape index (κ1) is 28.7. The fourth-order valence-corrected chi connectivity index (χ4v) is 4.90.